The molecule has 0 bridgehead atoms. The van der Waals surface area contributed by atoms with E-state index in [4.69, 9.17) is 0 Å². The second kappa shape index (κ2) is 5.03. The molecule has 2 aromatic rings. The second-order valence-corrected chi connectivity index (χ2v) is 5.63. The molecule has 0 radical (unpaired) electrons. The number of aliphatic hydroxyl groups excluding tert-OH is 1. The zero-order chi connectivity index (χ0) is 12.4. The molecule has 1 N–H and O–H groups in total. The highest BCUT2D eigenvalue weighted by Gasteiger charge is 2.12. The summed E-state index contributed by atoms with van der Waals surface area (Å²) in [6.07, 6.45) is 0.320. The normalized spacial score (nSPS) is 12.7. The van der Waals surface area contributed by atoms with Gasteiger partial charge in [-0.15, -0.1) is 11.3 Å². The van der Waals surface area contributed by atoms with E-state index in [1.807, 2.05) is 5.38 Å². The Kier molecular flexibility index (Phi) is 3.65. The van der Waals surface area contributed by atoms with Crippen LogP contribution in [0.3, 0.4) is 0 Å². The maximum absolute atomic E-state index is 10.2. The van der Waals surface area contributed by atoms with Crippen LogP contribution in [0.15, 0.2) is 29.6 Å². The van der Waals surface area contributed by atoms with Gasteiger partial charge in [0.1, 0.15) is 0 Å². The van der Waals surface area contributed by atoms with Crippen molar-refractivity contribution in [2.24, 2.45) is 0 Å². The fraction of sp³-hybridized carbons (Fsp3) is 0.333. The van der Waals surface area contributed by atoms with Crippen molar-refractivity contribution < 1.29 is 5.11 Å². The van der Waals surface area contributed by atoms with Crippen molar-refractivity contribution >= 4 is 11.3 Å². The zero-order valence-corrected chi connectivity index (χ0v) is 11.3. The third-order valence-corrected chi connectivity index (χ3v) is 4.04. The van der Waals surface area contributed by atoms with E-state index < -0.39 is 0 Å². The van der Waals surface area contributed by atoms with Crippen molar-refractivity contribution in [2.75, 3.05) is 0 Å². The lowest BCUT2D eigenvalue weighted by atomic mass is 10.0. The zero-order valence-electron chi connectivity index (χ0n) is 10.5. The number of aryl methyl sites for hydroxylation is 3. The first-order valence-electron chi connectivity index (χ1n) is 5.85. The van der Waals surface area contributed by atoms with Crippen LogP contribution in [0.2, 0.25) is 0 Å². The Morgan fingerprint density at radius 1 is 1.12 bits per heavy atom. The summed E-state index contributed by atoms with van der Waals surface area (Å²) in [6.45, 7) is 6.25. The fourth-order valence-electron chi connectivity index (χ4n) is 2.23. The Bertz CT molecular complexity index is 493. The molecule has 0 aliphatic carbocycles. The minimum Gasteiger partial charge on any atom is -0.387 e. The molecule has 1 heterocycles. The highest BCUT2D eigenvalue weighted by atomic mass is 32.1. The van der Waals surface area contributed by atoms with E-state index in [1.165, 1.54) is 22.3 Å². The predicted octanol–water partition coefficient (Wildman–Crippen LogP) is 3.95. The Morgan fingerprint density at radius 3 is 2.29 bits per heavy atom. The van der Waals surface area contributed by atoms with Gasteiger partial charge in [0.2, 0.25) is 0 Å². The average molecular weight is 246 g/mol. The highest BCUT2D eigenvalue weighted by molar-refractivity contribution is 7.10. The van der Waals surface area contributed by atoms with E-state index in [9.17, 15) is 5.11 Å². The first-order chi connectivity index (χ1) is 8.06. The summed E-state index contributed by atoms with van der Waals surface area (Å²) < 4.78 is 0. The maximum Gasteiger partial charge on any atom is 0.0924 e. The van der Waals surface area contributed by atoms with Gasteiger partial charge in [-0.1, -0.05) is 29.3 Å². The van der Waals surface area contributed by atoms with E-state index in [0.717, 1.165) is 4.88 Å². The molecule has 90 valence electrons. The lowest BCUT2D eigenvalue weighted by Gasteiger charge is -2.11. The lowest BCUT2D eigenvalue weighted by Crippen LogP contribution is -2.01. The number of hydrogen-bond donors (Lipinski definition) is 1. The Morgan fingerprint density at radius 2 is 1.76 bits per heavy atom. The molecule has 0 spiro atoms. The summed E-state index contributed by atoms with van der Waals surface area (Å²) in [4.78, 5) is 1.09. The van der Waals surface area contributed by atoms with Gasteiger partial charge in [-0.05, 0) is 43.3 Å². The van der Waals surface area contributed by atoms with Crippen LogP contribution in [0.25, 0.3) is 0 Å². The van der Waals surface area contributed by atoms with E-state index in [0.29, 0.717) is 6.42 Å². The predicted molar refractivity (Wildman–Crippen MR) is 73.6 cm³/mol. The van der Waals surface area contributed by atoms with Crippen LogP contribution < -0.4 is 0 Å². The van der Waals surface area contributed by atoms with E-state index >= 15 is 0 Å². The number of aliphatic hydroxyl groups is 1. The maximum atomic E-state index is 10.2. The molecule has 1 atom stereocenters. The summed E-state index contributed by atoms with van der Waals surface area (Å²) in [5.74, 6) is 0. The van der Waals surface area contributed by atoms with Gasteiger partial charge in [-0.2, -0.15) is 0 Å². The molecule has 17 heavy (non-hydrogen) atoms. The van der Waals surface area contributed by atoms with Gasteiger partial charge in [0, 0.05) is 11.3 Å². The molecule has 1 aromatic heterocycles. The van der Waals surface area contributed by atoms with Gasteiger partial charge < -0.3 is 5.11 Å². The minimum absolute atomic E-state index is 0.379. The smallest absolute Gasteiger partial charge is 0.0924 e. The quantitative estimate of drug-likeness (QED) is 0.869. The van der Waals surface area contributed by atoms with Crippen LogP contribution in [0.5, 0.6) is 0 Å². The van der Waals surface area contributed by atoms with Crippen LogP contribution in [0, 0.1) is 20.8 Å². The molecule has 1 aromatic carbocycles. The van der Waals surface area contributed by atoms with Crippen LogP contribution in [-0.4, -0.2) is 5.11 Å². The molecular formula is C15H18OS. The van der Waals surface area contributed by atoms with E-state index in [1.54, 1.807) is 11.3 Å². The van der Waals surface area contributed by atoms with Crippen molar-refractivity contribution in [1.82, 2.24) is 0 Å². The van der Waals surface area contributed by atoms with Crippen molar-refractivity contribution in [3.63, 3.8) is 0 Å². The van der Waals surface area contributed by atoms with Gasteiger partial charge in [-0.25, -0.2) is 0 Å². The largest absolute Gasteiger partial charge is 0.387 e. The molecule has 1 nitrogen and oxygen atoms in total. The van der Waals surface area contributed by atoms with Crippen LogP contribution in [-0.2, 0) is 6.42 Å². The topological polar surface area (TPSA) is 20.2 Å². The minimum atomic E-state index is -0.379. The van der Waals surface area contributed by atoms with Crippen molar-refractivity contribution in [1.29, 1.82) is 0 Å². The number of hydrogen-bond acceptors (Lipinski definition) is 2. The summed E-state index contributed by atoms with van der Waals surface area (Å²) in [7, 11) is 0. The third-order valence-electron chi connectivity index (χ3n) is 2.91. The molecule has 1 unspecified atom stereocenters. The van der Waals surface area contributed by atoms with Crippen LogP contribution >= 0.6 is 11.3 Å². The van der Waals surface area contributed by atoms with Crippen molar-refractivity contribution in [3.8, 4) is 0 Å². The summed E-state index contributed by atoms with van der Waals surface area (Å²) >= 11 is 1.64. The van der Waals surface area contributed by atoms with Gasteiger partial charge in [0.05, 0.1) is 6.10 Å². The molecule has 0 aliphatic rings. The first kappa shape index (κ1) is 12.3. The summed E-state index contributed by atoms with van der Waals surface area (Å²) in [5.41, 5.74) is 4.92. The number of rotatable bonds is 3. The Labute approximate surface area is 107 Å². The number of benzene rings is 1. The first-order valence-corrected chi connectivity index (χ1v) is 6.73. The second-order valence-electron chi connectivity index (χ2n) is 4.68. The van der Waals surface area contributed by atoms with Crippen molar-refractivity contribution in [3.05, 3.63) is 56.8 Å². The molecular weight excluding hydrogens is 228 g/mol. The number of thiophene rings is 1. The van der Waals surface area contributed by atoms with E-state index in [2.05, 4.69) is 45.0 Å². The summed E-state index contributed by atoms with van der Waals surface area (Å²) in [5, 5.41) is 12.3. The van der Waals surface area contributed by atoms with Gasteiger partial charge in [0.15, 0.2) is 0 Å². The monoisotopic (exact) mass is 246 g/mol. The SMILES string of the molecule is Cc1cc(C)cc(CC(O)c2sccc2C)c1. The van der Waals surface area contributed by atoms with E-state index in [-0.39, 0.29) is 6.10 Å². The molecule has 0 aliphatic heterocycles. The standard InChI is InChI=1S/C15H18OS/c1-10-6-11(2)8-13(7-10)9-14(16)15-12(3)4-5-17-15/h4-8,14,16H,9H2,1-3H3. The molecule has 0 amide bonds. The Hall–Kier alpha value is -1.12. The lowest BCUT2D eigenvalue weighted by molar-refractivity contribution is 0.181. The van der Waals surface area contributed by atoms with Gasteiger partial charge in [0.25, 0.3) is 0 Å². The molecule has 2 rings (SSSR count). The molecule has 2 heteroatoms. The van der Waals surface area contributed by atoms with Gasteiger partial charge in [-0.3, -0.25) is 0 Å². The summed E-state index contributed by atoms with van der Waals surface area (Å²) in [6, 6.07) is 8.52. The Balaban J connectivity index is 2.18. The van der Waals surface area contributed by atoms with Crippen LogP contribution in [0.1, 0.15) is 33.2 Å². The molecule has 0 fully saturated rings. The highest BCUT2D eigenvalue weighted by Crippen LogP contribution is 2.27. The van der Waals surface area contributed by atoms with Gasteiger partial charge >= 0.3 is 0 Å². The molecule has 0 saturated carbocycles. The van der Waals surface area contributed by atoms with Crippen molar-refractivity contribution in [2.45, 2.75) is 33.3 Å². The average Bonchev–Trinajstić information content (AvgIpc) is 2.62. The fourth-order valence-corrected chi connectivity index (χ4v) is 3.14. The van der Waals surface area contributed by atoms with Crippen LogP contribution in [0.4, 0.5) is 0 Å². The molecule has 0 saturated heterocycles. The third kappa shape index (κ3) is 2.96.